The topological polar surface area (TPSA) is 88.0 Å². The van der Waals surface area contributed by atoms with Crippen LogP contribution in [0.5, 0.6) is 0 Å². The van der Waals surface area contributed by atoms with Gasteiger partial charge in [0.2, 0.25) is 5.11 Å². The Kier molecular flexibility index (Phi) is 2.53. The van der Waals surface area contributed by atoms with Gasteiger partial charge < -0.3 is 10.8 Å². The summed E-state index contributed by atoms with van der Waals surface area (Å²) in [6, 6.07) is 0. The van der Waals surface area contributed by atoms with Crippen molar-refractivity contribution in [2.45, 2.75) is 18.9 Å². The number of carbonyl (C=O) groups is 1. The summed E-state index contributed by atoms with van der Waals surface area (Å²) >= 11 is 4.68. The van der Waals surface area contributed by atoms with Crippen LogP contribution in [0.2, 0.25) is 0 Å². The standard InChI is InChI=1S/C7H9N3O2S/c1-7(8,5(11)12)2-4-3-9-6(13)10-4/h3H,2,8H2,1H3,(H,11,12)/t7-/m0/s1. The molecule has 1 rings (SSSR count). The number of nitrogens with two attached hydrogens (primary N) is 1. The predicted octanol–water partition coefficient (Wildman–Crippen LogP) is -0.0112. The van der Waals surface area contributed by atoms with Crippen molar-refractivity contribution in [3.8, 4) is 0 Å². The smallest absolute Gasteiger partial charge is 0.323 e. The van der Waals surface area contributed by atoms with E-state index in [1.807, 2.05) is 0 Å². The number of aliphatic imine (C=N–C) groups is 2. The highest BCUT2D eigenvalue weighted by Gasteiger charge is 2.30. The number of carboxylic acid groups (broad SMARTS) is 1. The maximum absolute atomic E-state index is 10.6. The van der Waals surface area contributed by atoms with E-state index in [0.717, 1.165) is 0 Å². The first-order chi connectivity index (χ1) is 5.92. The molecule has 3 N–H and O–H groups in total. The Morgan fingerprint density at radius 2 is 2.46 bits per heavy atom. The predicted molar refractivity (Wildman–Crippen MR) is 53.4 cm³/mol. The van der Waals surface area contributed by atoms with Crippen LogP contribution in [0.4, 0.5) is 0 Å². The lowest BCUT2D eigenvalue weighted by molar-refractivity contribution is -0.142. The van der Waals surface area contributed by atoms with Gasteiger partial charge in [0.25, 0.3) is 0 Å². The molecule has 13 heavy (non-hydrogen) atoms. The number of hydrogen-bond acceptors (Lipinski definition) is 3. The van der Waals surface area contributed by atoms with Crippen LogP contribution in [-0.4, -0.2) is 33.7 Å². The van der Waals surface area contributed by atoms with Gasteiger partial charge in [0.1, 0.15) is 5.54 Å². The van der Waals surface area contributed by atoms with Gasteiger partial charge in [-0.1, -0.05) is 0 Å². The van der Waals surface area contributed by atoms with Gasteiger partial charge in [-0.05, 0) is 19.1 Å². The second-order valence-electron chi connectivity index (χ2n) is 3.04. The third-order valence-electron chi connectivity index (χ3n) is 1.60. The molecule has 1 aliphatic heterocycles. The molecule has 0 radical (unpaired) electrons. The minimum atomic E-state index is -1.31. The van der Waals surface area contributed by atoms with Gasteiger partial charge in [-0.2, -0.15) is 0 Å². The highest BCUT2D eigenvalue weighted by molar-refractivity contribution is 7.80. The van der Waals surface area contributed by atoms with Crippen molar-refractivity contribution >= 4 is 35.2 Å². The molecule has 70 valence electrons. The van der Waals surface area contributed by atoms with E-state index in [2.05, 4.69) is 22.2 Å². The molecule has 0 aromatic heterocycles. The van der Waals surface area contributed by atoms with Gasteiger partial charge in [0.15, 0.2) is 0 Å². The first-order valence-corrected chi connectivity index (χ1v) is 4.00. The summed E-state index contributed by atoms with van der Waals surface area (Å²) in [5.41, 5.74) is 4.70. The summed E-state index contributed by atoms with van der Waals surface area (Å²) in [6.45, 7) is 1.42. The highest BCUT2D eigenvalue weighted by atomic mass is 32.1. The van der Waals surface area contributed by atoms with Crippen LogP contribution in [0, 0.1) is 0 Å². The van der Waals surface area contributed by atoms with E-state index in [1.54, 1.807) is 0 Å². The van der Waals surface area contributed by atoms with Crippen LogP contribution in [0.1, 0.15) is 13.3 Å². The molecular weight excluding hydrogens is 190 g/mol. The summed E-state index contributed by atoms with van der Waals surface area (Å²) in [4.78, 5) is 18.2. The average Bonchev–Trinajstić information content (AvgIpc) is 2.34. The molecule has 0 aliphatic carbocycles. The first kappa shape index (κ1) is 9.94. The number of hydrogen-bond donors (Lipinski definition) is 2. The number of thiocarbonyl (C=S) groups is 1. The Morgan fingerprint density at radius 1 is 1.85 bits per heavy atom. The van der Waals surface area contributed by atoms with Gasteiger partial charge in [0, 0.05) is 6.42 Å². The summed E-state index contributed by atoms with van der Waals surface area (Å²) in [5, 5.41) is 8.93. The third-order valence-corrected chi connectivity index (χ3v) is 1.80. The number of nitrogens with zero attached hydrogens (tertiary/aromatic N) is 2. The molecule has 6 heteroatoms. The molecule has 0 saturated carbocycles. The first-order valence-electron chi connectivity index (χ1n) is 3.60. The van der Waals surface area contributed by atoms with E-state index in [1.165, 1.54) is 13.1 Å². The average molecular weight is 199 g/mol. The molecule has 1 aliphatic rings. The minimum Gasteiger partial charge on any atom is -0.480 e. The molecule has 0 aromatic carbocycles. The zero-order chi connectivity index (χ0) is 10.1. The fourth-order valence-electron chi connectivity index (χ4n) is 0.847. The quantitative estimate of drug-likeness (QED) is 0.626. The Labute approximate surface area is 80.4 Å². The van der Waals surface area contributed by atoms with E-state index in [-0.39, 0.29) is 11.5 Å². The summed E-state index contributed by atoms with van der Waals surface area (Å²) in [6.07, 6.45) is 1.57. The van der Waals surface area contributed by atoms with Gasteiger partial charge in [-0.15, -0.1) is 0 Å². The minimum absolute atomic E-state index is 0.131. The van der Waals surface area contributed by atoms with Crippen molar-refractivity contribution in [2.75, 3.05) is 0 Å². The van der Waals surface area contributed by atoms with Crippen molar-refractivity contribution in [1.82, 2.24) is 0 Å². The maximum Gasteiger partial charge on any atom is 0.323 e. The summed E-state index contributed by atoms with van der Waals surface area (Å²) in [5.74, 6) is -1.07. The largest absolute Gasteiger partial charge is 0.480 e. The summed E-state index contributed by atoms with van der Waals surface area (Å²) in [7, 11) is 0. The maximum atomic E-state index is 10.6. The monoisotopic (exact) mass is 199 g/mol. The molecule has 0 spiro atoms. The molecule has 1 heterocycles. The molecule has 0 aromatic rings. The van der Waals surface area contributed by atoms with Gasteiger partial charge in [-0.3, -0.25) is 4.79 Å². The molecule has 0 amide bonds. The molecule has 0 saturated heterocycles. The molecule has 0 bridgehead atoms. The molecule has 0 fully saturated rings. The van der Waals surface area contributed by atoms with Crippen LogP contribution in [0.15, 0.2) is 9.98 Å². The normalized spacial score (nSPS) is 19.8. The number of aliphatic carboxylic acids is 1. The van der Waals surface area contributed by atoms with Crippen molar-refractivity contribution in [1.29, 1.82) is 0 Å². The van der Waals surface area contributed by atoms with Gasteiger partial charge >= 0.3 is 5.97 Å². The number of rotatable bonds is 3. The van der Waals surface area contributed by atoms with Crippen LogP contribution < -0.4 is 5.73 Å². The molecule has 1 atom stereocenters. The van der Waals surface area contributed by atoms with Crippen molar-refractivity contribution in [3.63, 3.8) is 0 Å². The van der Waals surface area contributed by atoms with Crippen LogP contribution in [0.25, 0.3) is 0 Å². The fourth-order valence-corrected chi connectivity index (χ4v) is 1.02. The lowest BCUT2D eigenvalue weighted by Gasteiger charge is -2.17. The Balaban J connectivity index is 2.70. The van der Waals surface area contributed by atoms with E-state index in [9.17, 15) is 4.79 Å². The summed E-state index contributed by atoms with van der Waals surface area (Å²) < 4.78 is 0. The van der Waals surface area contributed by atoms with E-state index >= 15 is 0 Å². The SMILES string of the molecule is C[C@](N)(CC1=NC(=S)N=C1)C(=O)O. The lowest BCUT2D eigenvalue weighted by Crippen LogP contribution is -2.46. The van der Waals surface area contributed by atoms with E-state index < -0.39 is 11.5 Å². The van der Waals surface area contributed by atoms with Crippen LogP contribution in [0.3, 0.4) is 0 Å². The molecule has 5 nitrogen and oxygen atoms in total. The molecule has 0 unspecified atom stereocenters. The van der Waals surface area contributed by atoms with Crippen LogP contribution in [-0.2, 0) is 4.79 Å². The second kappa shape index (κ2) is 3.31. The zero-order valence-electron chi connectivity index (χ0n) is 7.02. The van der Waals surface area contributed by atoms with E-state index in [0.29, 0.717) is 5.71 Å². The zero-order valence-corrected chi connectivity index (χ0v) is 7.84. The number of carboxylic acids is 1. The Hall–Kier alpha value is -1.14. The van der Waals surface area contributed by atoms with Crippen LogP contribution >= 0.6 is 12.2 Å². The van der Waals surface area contributed by atoms with Gasteiger partial charge in [-0.25, -0.2) is 9.98 Å². The Morgan fingerprint density at radius 3 is 2.85 bits per heavy atom. The lowest BCUT2D eigenvalue weighted by atomic mass is 9.97. The third kappa shape index (κ3) is 2.40. The second-order valence-corrected chi connectivity index (χ2v) is 3.41. The van der Waals surface area contributed by atoms with Crippen molar-refractivity contribution < 1.29 is 9.90 Å². The highest BCUT2D eigenvalue weighted by Crippen LogP contribution is 2.09. The van der Waals surface area contributed by atoms with Crippen molar-refractivity contribution in [3.05, 3.63) is 0 Å². The van der Waals surface area contributed by atoms with Crippen molar-refractivity contribution in [2.24, 2.45) is 15.7 Å². The van der Waals surface area contributed by atoms with Gasteiger partial charge in [0.05, 0.1) is 11.9 Å². The van der Waals surface area contributed by atoms with E-state index in [4.69, 9.17) is 10.8 Å². The molecular formula is C7H9N3O2S. The Bertz CT molecular complexity index is 320. The fraction of sp³-hybridized carbons (Fsp3) is 0.429.